The lowest BCUT2D eigenvalue weighted by Crippen LogP contribution is -2.45. The predicted octanol–water partition coefficient (Wildman–Crippen LogP) is 1.63. The summed E-state index contributed by atoms with van der Waals surface area (Å²) in [5.41, 5.74) is 0.741. The highest BCUT2D eigenvalue weighted by Gasteiger charge is 2.28. The number of nitrogens with one attached hydrogen (secondary N) is 1. The summed E-state index contributed by atoms with van der Waals surface area (Å²) in [4.78, 5) is 2.11. The van der Waals surface area contributed by atoms with Crippen LogP contribution < -0.4 is 19.5 Å². The van der Waals surface area contributed by atoms with Crippen LogP contribution in [0.4, 0.5) is 4.39 Å². The second-order valence-corrected chi connectivity index (χ2v) is 4.90. The molecule has 0 unspecified atom stereocenters. The molecule has 1 aliphatic rings. The van der Waals surface area contributed by atoms with E-state index in [4.69, 9.17) is 14.2 Å². The molecule has 1 fully saturated rings. The van der Waals surface area contributed by atoms with Crippen molar-refractivity contribution in [1.29, 1.82) is 0 Å². The first-order chi connectivity index (χ1) is 10.2. The molecule has 0 spiro atoms. The topological polar surface area (TPSA) is 43.0 Å². The fraction of sp³-hybridized carbons (Fsp3) is 0.600. The van der Waals surface area contributed by atoms with Gasteiger partial charge in [-0.15, -0.1) is 0 Å². The van der Waals surface area contributed by atoms with Crippen molar-refractivity contribution in [2.45, 2.75) is 6.04 Å². The summed E-state index contributed by atoms with van der Waals surface area (Å²) in [6.45, 7) is 2.83. The fourth-order valence-electron chi connectivity index (χ4n) is 2.71. The number of halogens is 1. The molecule has 0 amide bonds. The molecule has 1 atom stereocenters. The summed E-state index contributed by atoms with van der Waals surface area (Å²) in [6, 6.07) is 3.16. The summed E-state index contributed by atoms with van der Waals surface area (Å²) in [5, 5.41) is 3.27. The minimum absolute atomic E-state index is 0.372. The maximum Gasteiger partial charge on any atom is 0.131 e. The van der Waals surface area contributed by atoms with Crippen LogP contribution in [0.25, 0.3) is 0 Å². The number of nitrogens with zero attached hydrogens (tertiary/aromatic N) is 1. The lowest BCUT2D eigenvalue weighted by atomic mass is 10.0. The van der Waals surface area contributed by atoms with Crippen molar-refractivity contribution in [3.8, 4) is 17.2 Å². The van der Waals surface area contributed by atoms with E-state index in [9.17, 15) is 4.39 Å². The molecule has 1 aliphatic heterocycles. The highest BCUT2D eigenvalue weighted by atomic mass is 19.1. The van der Waals surface area contributed by atoms with Crippen LogP contribution in [0.5, 0.6) is 17.2 Å². The summed E-state index contributed by atoms with van der Waals surface area (Å²) in [7, 11) is 4.73. The predicted molar refractivity (Wildman–Crippen MR) is 79.3 cm³/mol. The molecule has 1 heterocycles. The van der Waals surface area contributed by atoms with E-state index in [1.165, 1.54) is 0 Å². The van der Waals surface area contributed by atoms with E-state index in [1.807, 2.05) is 0 Å². The van der Waals surface area contributed by atoms with E-state index in [0.717, 1.165) is 31.7 Å². The van der Waals surface area contributed by atoms with E-state index in [0.29, 0.717) is 17.2 Å². The van der Waals surface area contributed by atoms with Crippen molar-refractivity contribution in [3.05, 3.63) is 17.7 Å². The third kappa shape index (κ3) is 3.39. The maximum atomic E-state index is 13.7. The number of hydrogen-bond donors (Lipinski definition) is 1. The van der Waals surface area contributed by atoms with Gasteiger partial charge in [-0.1, -0.05) is 0 Å². The van der Waals surface area contributed by atoms with Crippen molar-refractivity contribution in [3.63, 3.8) is 0 Å². The van der Waals surface area contributed by atoms with Crippen LogP contribution >= 0.6 is 0 Å². The van der Waals surface area contributed by atoms with Crippen LogP contribution in [0.1, 0.15) is 11.6 Å². The molecule has 1 aromatic rings. The molecule has 0 aromatic heterocycles. The Hall–Kier alpha value is -1.53. The molecule has 1 N–H and O–H groups in total. The molecule has 6 heteroatoms. The Morgan fingerprint density at radius 3 is 2.10 bits per heavy atom. The zero-order valence-electron chi connectivity index (χ0n) is 12.8. The first-order valence-electron chi connectivity index (χ1n) is 7.05. The van der Waals surface area contributed by atoms with Gasteiger partial charge in [0.1, 0.15) is 23.9 Å². The molecule has 5 nitrogen and oxygen atoms in total. The quantitative estimate of drug-likeness (QED) is 0.864. The molecule has 118 valence electrons. The zero-order chi connectivity index (χ0) is 15.2. The SMILES string of the molecule is COc1cc(OC)c([C@@H](CF)N2CCNCC2)c(OC)c1. The first-order valence-corrected chi connectivity index (χ1v) is 7.05. The van der Waals surface area contributed by atoms with Crippen molar-refractivity contribution >= 4 is 0 Å². The monoisotopic (exact) mass is 298 g/mol. The summed E-state index contributed by atoms with van der Waals surface area (Å²) < 4.78 is 29.8. The molecule has 1 aromatic carbocycles. The smallest absolute Gasteiger partial charge is 0.131 e. The van der Waals surface area contributed by atoms with E-state index in [2.05, 4.69) is 10.2 Å². The minimum Gasteiger partial charge on any atom is -0.496 e. The largest absolute Gasteiger partial charge is 0.496 e. The summed E-state index contributed by atoms with van der Waals surface area (Å²) >= 11 is 0. The van der Waals surface area contributed by atoms with Gasteiger partial charge in [0.25, 0.3) is 0 Å². The Bertz CT molecular complexity index is 439. The second kappa shape index (κ2) is 7.47. The van der Waals surface area contributed by atoms with Gasteiger partial charge in [-0.2, -0.15) is 0 Å². The molecule has 21 heavy (non-hydrogen) atoms. The van der Waals surface area contributed by atoms with Crippen LogP contribution in [-0.4, -0.2) is 59.1 Å². The van der Waals surface area contributed by atoms with Gasteiger partial charge in [0.05, 0.1) is 32.9 Å². The van der Waals surface area contributed by atoms with Gasteiger partial charge < -0.3 is 19.5 Å². The fourth-order valence-corrected chi connectivity index (χ4v) is 2.71. The van der Waals surface area contributed by atoms with Gasteiger partial charge >= 0.3 is 0 Å². The molecular formula is C15H23FN2O3. The van der Waals surface area contributed by atoms with Crippen LogP contribution in [0.3, 0.4) is 0 Å². The second-order valence-electron chi connectivity index (χ2n) is 4.90. The van der Waals surface area contributed by atoms with Crippen LogP contribution in [0.2, 0.25) is 0 Å². The number of piperazine rings is 1. The lowest BCUT2D eigenvalue weighted by Gasteiger charge is -2.34. The van der Waals surface area contributed by atoms with Crippen LogP contribution in [-0.2, 0) is 0 Å². The molecule has 0 radical (unpaired) electrons. The molecular weight excluding hydrogens is 275 g/mol. The van der Waals surface area contributed by atoms with Gasteiger partial charge in [0.15, 0.2) is 0 Å². The normalized spacial score (nSPS) is 17.3. The molecule has 2 rings (SSSR count). The van der Waals surface area contributed by atoms with E-state index in [1.54, 1.807) is 33.5 Å². The van der Waals surface area contributed by atoms with Crippen molar-refractivity contribution in [1.82, 2.24) is 10.2 Å². The van der Waals surface area contributed by atoms with Gasteiger partial charge in [-0.25, -0.2) is 4.39 Å². The van der Waals surface area contributed by atoms with E-state index >= 15 is 0 Å². The molecule has 0 saturated carbocycles. The zero-order valence-corrected chi connectivity index (χ0v) is 12.8. The van der Waals surface area contributed by atoms with Crippen LogP contribution in [0.15, 0.2) is 12.1 Å². The summed E-state index contributed by atoms with van der Waals surface area (Å²) in [5.74, 6) is 1.81. The number of ether oxygens (including phenoxy) is 3. The van der Waals surface area contributed by atoms with Gasteiger partial charge in [-0.3, -0.25) is 4.90 Å². The van der Waals surface area contributed by atoms with Crippen molar-refractivity contribution in [2.24, 2.45) is 0 Å². The van der Waals surface area contributed by atoms with Gasteiger partial charge in [0, 0.05) is 38.3 Å². The number of methoxy groups -OCH3 is 3. The van der Waals surface area contributed by atoms with Crippen molar-refractivity contribution in [2.75, 3.05) is 54.2 Å². The highest BCUT2D eigenvalue weighted by Crippen LogP contribution is 2.40. The maximum absolute atomic E-state index is 13.7. The molecule has 0 aliphatic carbocycles. The molecule has 1 saturated heterocycles. The van der Waals surface area contributed by atoms with Crippen molar-refractivity contribution < 1.29 is 18.6 Å². The Labute approximate surface area is 125 Å². The van der Waals surface area contributed by atoms with E-state index in [-0.39, 0.29) is 6.04 Å². The minimum atomic E-state index is -0.487. The third-order valence-corrected chi connectivity index (χ3v) is 3.82. The van der Waals surface area contributed by atoms with E-state index < -0.39 is 6.67 Å². The Morgan fingerprint density at radius 1 is 1.10 bits per heavy atom. The molecule has 0 bridgehead atoms. The third-order valence-electron chi connectivity index (χ3n) is 3.82. The Balaban J connectivity index is 2.42. The average Bonchev–Trinajstić information content (AvgIpc) is 2.56. The highest BCUT2D eigenvalue weighted by molar-refractivity contribution is 5.52. The number of hydrogen-bond acceptors (Lipinski definition) is 5. The average molecular weight is 298 g/mol. The van der Waals surface area contributed by atoms with Gasteiger partial charge in [-0.05, 0) is 0 Å². The number of alkyl halides is 1. The summed E-state index contributed by atoms with van der Waals surface area (Å²) in [6.07, 6.45) is 0. The standard InChI is InChI=1S/C15H23FN2O3/c1-19-11-8-13(20-2)15(14(9-11)21-3)12(10-16)18-6-4-17-5-7-18/h8-9,12,17H,4-7,10H2,1-3H3/t12-/m1/s1. The first kappa shape index (κ1) is 15.9. The number of rotatable bonds is 6. The van der Waals surface area contributed by atoms with Crippen LogP contribution in [0, 0.1) is 0 Å². The Morgan fingerprint density at radius 2 is 1.67 bits per heavy atom. The van der Waals surface area contributed by atoms with Gasteiger partial charge in [0.2, 0.25) is 0 Å². The lowest BCUT2D eigenvalue weighted by molar-refractivity contribution is 0.142. The Kier molecular flexibility index (Phi) is 5.64. The number of benzene rings is 1.